The van der Waals surface area contributed by atoms with Crippen LogP contribution in [0.2, 0.25) is 0 Å². The fraction of sp³-hybridized carbons (Fsp3) is 0.353. The molecule has 5 nitrogen and oxygen atoms in total. The van der Waals surface area contributed by atoms with Crippen molar-refractivity contribution >= 4 is 28.5 Å². The lowest BCUT2D eigenvalue weighted by atomic mass is 10.1. The summed E-state index contributed by atoms with van der Waals surface area (Å²) in [5, 5.41) is 14.3. The van der Waals surface area contributed by atoms with Gasteiger partial charge in [0.25, 0.3) is 5.91 Å². The first-order chi connectivity index (χ1) is 11.0. The molecule has 0 bridgehead atoms. The van der Waals surface area contributed by atoms with Crippen molar-refractivity contribution in [1.29, 1.82) is 5.26 Å². The van der Waals surface area contributed by atoms with Gasteiger partial charge in [0.2, 0.25) is 0 Å². The molecule has 2 aromatic heterocycles. The van der Waals surface area contributed by atoms with Gasteiger partial charge < -0.3 is 4.57 Å². The quantitative estimate of drug-likeness (QED) is 0.670. The number of aromatic nitrogens is 2. The maximum atomic E-state index is 12.2. The fourth-order valence-corrected chi connectivity index (χ4v) is 3.10. The topological polar surface area (TPSA) is 70.7 Å². The zero-order chi connectivity index (χ0) is 17.0. The van der Waals surface area contributed by atoms with Crippen LogP contribution in [0, 0.1) is 32.1 Å². The van der Waals surface area contributed by atoms with Gasteiger partial charge in [-0.15, -0.1) is 11.3 Å². The Morgan fingerprint density at radius 3 is 2.78 bits per heavy atom. The summed E-state index contributed by atoms with van der Waals surface area (Å²) in [6, 6.07) is 3.99. The van der Waals surface area contributed by atoms with E-state index in [-0.39, 0.29) is 5.57 Å². The molecule has 0 aromatic carbocycles. The van der Waals surface area contributed by atoms with E-state index in [4.69, 9.17) is 0 Å². The molecule has 0 aliphatic carbocycles. The molecule has 6 heteroatoms. The smallest absolute Gasteiger partial charge is 0.268 e. The number of hydrogen-bond donors (Lipinski definition) is 1. The minimum absolute atomic E-state index is 0.0783. The lowest BCUT2D eigenvalue weighted by Crippen LogP contribution is -2.13. The Kier molecular flexibility index (Phi) is 5.35. The Bertz CT molecular complexity index is 792. The molecule has 2 rings (SSSR count). The van der Waals surface area contributed by atoms with Crippen molar-refractivity contribution in [1.82, 2.24) is 9.55 Å². The lowest BCUT2D eigenvalue weighted by Gasteiger charge is -2.07. The molecule has 1 N–H and O–H groups in total. The van der Waals surface area contributed by atoms with Crippen molar-refractivity contribution in [3.63, 3.8) is 0 Å². The SMILES string of the molecule is CCCn1c(C)cc(/C=C(\C#N)C(=O)Nc2nc(C)cs2)c1C. The number of aryl methyl sites for hydroxylation is 2. The number of anilines is 1. The van der Waals surface area contributed by atoms with Crippen molar-refractivity contribution in [3.05, 3.63) is 39.7 Å². The van der Waals surface area contributed by atoms with Crippen LogP contribution in [0.3, 0.4) is 0 Å². The summed E-state index contributed by atoms with van der Waals surface area (Å²) in [4.78, 5) is 16.4. The maximum Gasteiger partial charge on any atom is 0.268 e. The number of nitrogens with one attached hydrogen (secondary N) is 1. The third-order valence-corrected chi connectivity index (χ3v) is 4.44. The molecule has 1 amide bonds. The number of carbonyl (C=O) groups is 1. The van der Waals surface area contributed by atoms with Crippen molar-refractivity contribution < 1.29 is 4.79 Å². The van der Waals surface area contributed by atoms with Crippen LogP contribution in [0.25, 0.3) is 6.08 Å². The number of rotatable bonds is 5. The molecule has 0 radical (unpaired) electrons. The van der Waals surface area contributed by atoms with Crippen LogP contribution in [-0.4, -0.2) is 15.5 Å². The molecule has 23 heavy (non-hydrogen) atoms. The van der Waals surface area contributed by atoms with Gasteiger partial charge in [-0.25, -0.2) is 4.98 Å². The summed E-state index contributed by atoms with van der Waals surface area (Å²) >= 11 is 1.34. The summed E-state index contributed by atoms with van der Waals surface area (Å²) in [6.45, 7) is 8.95. The van der Waals surface area contributed by atoms with Crippen molar-refractivity contribution in [3.8, 4) is 6.07 Å². The Morgan fingerprint density at radius 2 is 2.22 bits per heavy atom. The molecule has 0 aliphatic rings. The molecular weight excluding hydrogens is 308 g/mol. The summed E-state index contributed by atoms with van der Waals surface area (Å²) in [6.07, 6.45) is 2.68. The first kappa shape index (κ1) is 17.0. The van der Waals surface area contributed by atoms with Crippen LogP contribution >= 0.6 is 11.3 Å². The van der Waals surface area contributed by atoms with Gasteiger partial charge in [0, 0.05) is 23.3 Å². The average molecular weight is 328 g/mol. The van der Waals surface area contributed by atoms with Crippen LogP contribution in [-0.2, 0) is 11.3 Å². The van der Waals surface area contributed by atoms with Gasteiger partial charge in [0.1, 0.15) is 11.6 Å². The molecule has 0 spiro atoms. The number of carbonyl (C=O) groups excluding carboxylic acids is 1. The van der Waals surface area contributed by atoms with E-state index in [1.165, 1.54) is 11.3 Å². The molecule has 0 atom stereocenters. The molecule has 2 aromatic rings. The second-order valence-corrected chi connectivity index (χ2v) is 6.25. The Balaban J connectivity index is 2.26. The highest BCUT2D eigenvalue weighted by Crippen LogP contribution is 2.20. The van der Waals surface area contributed by atoms with Crippen LogP contribution in [0.5, 0.6) is 0 Å². The van der Waals surface area contributed by atoms with Crippen molar-refractivity contribution in [2.45, 2.75) is 40.7 Å². The van der Waals surface area contributed by atoms with Crippen LogP contribution in [0.1, 0.15) is 36.0 Å². The number of amides is 1. The van der Waals surface area contributed by atoms with E-state index in [1.54, 1.807) is 6.08 Å². The number of nitrogens with zero attached hydrogens (tertiary/aromatic N) is 3. The molecule has 0 saturated carbocycles. The molecule has 0 fully saturated rings. The van der Waals surface area contributed by atoms with Crippen LogP contribution in [0.4, 0.5) is 5.13 Å². The standard InChI is InChI=1S/C17H20N4OS/c1-5-6-21-12(3)7-14(13(21)4)8-15(9-18)16(22)20-17-19-11(2)10-23-17/h7-8,10H,5-6H2,1-4H3,(H,19,20,22)/b15-8+. The third kappa shape index (κ3) is 3.88. The highest BCUT2D eigenvalue weighted by Gasteiger charge is 2.14. The van der Waals surface area contributed by atoms with Crippen molar-refractivity contribution in [2.75, 3.05) is 5.32 Å². The van der Waals surface area contributed by atoms with Crippen LogP contribution in [0.15, 0.2) is 17.0 Å². The molecule has 0 unspecified atom stereocenters. The normalized spacial score (nSPS) is 11.3. The largest absolute Gasteiger partial charge is 0.349 e. The Labute approximate surface area is 140 Å². The van der Waals surface area contributed by atoms with Gasteiger partial charge in [-0.05, 0) is 44.9 Å². The highest BCUT2D eigenvalue weighted by atomic mass is 32.1. The van der Waals surface area contributed by atoms with E-state index < -0.39 is 5.91 Å². The van der Waals surface area contributed by atoms with Gasteiger partial charge in [-0.3, -0.25) is 10.1 Å². The molecule has 0 aliphatic heterocycles. The first-order valence-corrected chi connectivity index (χ1v) is 8.36. The number of hydrogen-bond acceptors (Lipinski definition) is 4. The summed E-state index contributed by atoms with van der Waals surface area (Å²) in [7, 11) is 0. The zero-order valence-electron chi connectivity index (χ0n) is 13.8. The van der Waals surface area contributed by atoms with Gasteiger partial charge >= 0.3 is 0 Å². The molecule has 0 saturated heterocycles. The predicted molar refractivity (Wildman–Crippen MR) is 93.3 cm³/mol. The highest BCUT2D eigenvalue weighted by molar-refractivity contribution is 7.13. The Morgan fingerprint density at radius 1 is 1.48 bits per heavy atom. The Hall–Kier alpha value is -2.39. The lowest BCUT2D eigenvalue weighted by molar-refractivity contribution is -0.112. The molecular formula is C17H20N4OS. The van der Waals surface area contributed by atoms with Gasteiger partial charge in [-0.2, -0.15) is 5.26 Å². The fourth-order valence-electron chi connectivity index (χ4n) is 2.42. The van der Waals surface area contributed by atoms with Gasteiger partial charge in [-0.1, -0.05) is 6.92 Å². The zero-order valence-corrected chi connectivity index (χ0v) is 14.6. The number of nitriles is 1. The minimum Gasteiger partial charge on any atom is -0.349 e. The summed E-state index contributed by atoms with van der Waals surface area (Å²) in [5.41, 5.74) is 4.02. The van der Waals surface area contributed by atoms with E-state index in [0.29, 0.717) is 5.13 Å². The average Bonchev–Trinajstić information content (AvgIpc) is 3.03. The molecule has 120 valence electrons. The maximum absolute atomic E-state index is 12.2. The first-order valence-electron chi connectivity index (χ1n) is 7.48. The molecule has 2 heterocycles. The minimum atomic E-state index is -0.429. The predicted octanol–water partition coefficient (Wildman–Crippen LogP) is 3.83. The van der Waals surface area contributed by atoms with E-state index in [2.05, 4.69) is 21.8 Å². The second-order valence-electron chi connectivity index (χ2n) is 5.40. The van der Waals surface area contributed by atoms with Crippen molar-refractivity contribution in [2.24, 2.45) is 0 Å². The van der Waals surface area contributed by atoms with Crippen LogP contribution < -0.4 is 5.32 Å². The van der Waals surface area contributed by atoms with E-state index in [1.807, 2.05) is 38.3 Å². The second kappa shape index (κ2) is 7.25. The third-order valence-electron chi connectivity index (χ3n) is 3.56. The summed E-state index contributed by atoms with van der Waals surface area (Å²) < 4.78 is 2.20. The van der Waals surface area contributed by atoms with Gasteiger partial charge in [0.15, 0.2) is 5.13 Å². The van der Waals surface area contributed by atoms with E-state index in [9.17, 15) is 10.1 Å². The summed E-state index contributed by atoms with van der Waals surface area (Å²) in [5.74, 6) is -0.429. The monoisotopic (exact) mass is 328 g/mol. The van der Waals surface area contributed by atoms with Gasteiger partial charge in [0.05, 0.1) is 5.69 Å². The van der Waals surface area contributed by atoms with E-state index in [0.717, 1.165) is 35.6 Å². The number of thiazole rings is 1. The van der Waals surface area contributed by atoms with E-state index >= 15 is 0 Å².